The van der Waals surface area contributed by atoms with E-state index in [1.807, 2.05) is 0 Å². The van der Waals surface area contributed by atoms with E-state index in [1.54, 1.807) is 0 Å². The maximum atomic E-state index is 10.7. The normalized spacial score (nSPS) is 12.5. The lowest BCUT2D eigenvalue weighted by Crippen LogP contribution is -1.98. The van der Waals surface area contributed by atoms with E-state index in [2.05, 4.69) is 0 Å². The highest BCUT2D eigenvalue weighted by Gasteiger charge is 2.22. The van der Waals surface area contributed by atoms with Gasteiger partial charge in [-0.3, -0.25) is 10.1 Å². The van der Waals surface area contributed by atoms with Gasteiger partial charge in [0.2, 0.25) is 0 Å². The summed E-state index contributed by atoms with van der Waals surface area (Å²) in [5.74, 6) is 0. The molecule has 1 atom stereocenters. The number of nitrogens with zero attached hydrogens (tertiary/aromatic N) is 1. The first kappa shape index (κ1) is 11.4. The molecule has 0 aliphatic rings. The van der Waals surface area contributed by atoms with E-state index < -0.39 is 26.6 Å². The van der Waals surface area contributed by atoms with Crippen LogP contribution in [0.1, 0.15) is 0 Å². The second-order valence-electron chi connectivity index (χ2n) is 2.24. The average Bonchev–Trinajstić information content (AvgIpc) is 2.01. The Bertz CT molecular complexity index is 423. The number of hydrogen-bond donors (Lipinski definition) is 1. The predicted octanol–water partition coefficient (Wildman–Crippen LogP) is 2.48. The van der Waals surface area contributed by atoms with Gasteiger partial charge in [-0.25, -0.2) is 4.21 Å². The summed E-state index contributed by atoms with van der Waals surface area (Å²) in [7, 11) is 0. The molecule has 1 N–H and O–H groups in total. The van der Waals surface area contributed by atoms with Crippen LogP contribution >= 0.6 is 23.2 Å². The van der Waals surface area contributed by atoms with E-state index in [0.29, 0.717) is 0 Å². The summed E-state index contributed by atoms with van der Waals surface area (Å²) in [5, 5.41) is 10.3. The van der Waals surface area contributed by atoms with Gasteiger partial charge >= 0.3 is 0 Å². The Kier molecular flexibility index (Phi) is 3.43. The second kappa shape index (κ2) is 4.22. The van der Waals surface area contributed by atoms with E-state index in [1.165, 1.54) is 6.07 Å². The summed E-state index contributed by atoms with van der Waals surface area (Å²) < 4.78 is 19.5. The average molecular weight is 256 g/mol. The first-order chi connectivity index (χ1) is 6.43. The molecule has 0 saturated carbocycles. The molecule has 1 aromatic rings. The molecule has 0 bridgehead atoms. The highest BCUT2D eigenvalue weighted by atomic mass is 35.5. The number of hydrogen-bond acceptors (Lipinski definition) is 3. The third-order valence-electron chi connectivity index (χ3n) is 1.36. The minimum absolute atomic E-state index is 0.0379. The van der Waals surface area contributed by atoms with Gasteiger partial charge in [0, 0.05) is 11.1 Å². The molecule has 0 aromatic heterocycles. The minimum atomic E-state index is -2.51. The molecule has 1 aromatic carbocycles. The number of rotatable bonds is 2. The second-order valence-corrected chi connectivity index (χ2v) is 3.99. The number of nitro benzene ring substituents is 1. The largest absolute Gasteiger partial charge is 0.302 e. The van der Waals surface area contributed by atoms with E-state index in [9.17, 15) is 14.3 Å². The van der Waals surface area contributed by atoms with Gasteiger partial charge in [-0.2, -0.15) is 0 Å². The van der Waals surface area contributed by atoms with E-state index in [-0.39, 0.29) is 10.0 Å². The predicted molar refractivity (Wildman–Crippen MR) is 52.2 cm³/mol. The molecule has 0 amide bonds. The van der Waals surface area contributed by atoms with Gasteiger partial charge in [0.1, 0.15) is 0 Å². The highest BCUT2D eigenvalue weighted by molar-refractivity contribution is 7.79. The summed E-state index contributed by atoms with van der Waals surface area (Å²) in [5.41, 5.74) is -0.566. The van der Waals surface area contributed by atoms with Crippen molar-refractivity contribution in [1.29, 1.82) is 0 Å². The zero-order valence-corrected chi connectivity index (χ0v) is 8.77. The first-order valence-corrected chi connectivity index (χ1v) is 5.04. The quantitative estimate of drug-likeness (QED) is 0.500. The first-order valence-electron chi connectivity index (χ1n) is 3.17. The van der Waals surface area contributed by atoms with Crippen molar-refractivity contribution < 1.29 is 13.7 Å². The van der Waals surface area contributed by atoms with Gasteiger partial charge in [0.05, 0.1) is 9.95 Å². The van der Waals surface area contributed by atoms with Crippen molar-refractivity contribution in [2.24, 2.45) is 0 Å². The molecular weight excluding hydrogens is 253 g/mol. The fourth-order valence-corrected chi connectivity index (χ4v) is 2.07. The van der Waals surface area contributed by atoms with E-state index in [0.717, 1.165) is 6.07 Å². The molecular formula is C6H3Cl2NO4S. The maximum Gasteiger partial charge on any atom is 0.290 e. The van der Waals surface area contributed by atoms with Crippen molar-refractivity contribution in [3.63, 3.8) is 0 Å². The molecule has 14 heavy (non-hydrogen) atoms. The lowest BCUT2D eigenvalue weighted by Gasteiger charge is -2.01. The zero-order chi connectivity index (χ0) is 10.9. The van der Waals surface area contributed by atoms with Crippen LogP contribution in [-0.4, -0.2) is 13.7 Å². The summed E-state index contributed by atoms with van der Waals surface area (Å²) >= 11 is 8.52. The number of halogens is 2. The molecule has 0 radical (unpaired) electrons. The molecule has 0 saturated heterocycles. The fraction of sp³-hybridized carbons (Fsp3) is 0. The Hall–Kier alpha value is -0.690. The Labute approximate surface area is 91.1 Å². The zero-order valence-electron chi connectivity index (χ0n) is 6.44. The van der Waals surface area contributed by atoms with E-state index in [4.69, 9.17) is 27.8 Å². The third-order valence-corrected chi connectivity index (χ3v) is 2.77. The Morgan fingerprint density at radius 1 is 1.43 bits per heavy atom. The van der Waals surface area contributed by atoms with Crippen molar-refractivity contribution in [3.8, 4) is 0 Å². The van der Waals surface area contributed by atoms with Gasteiger partial charge in [-0.1, -0.05) is 23.2 Å². The van der Waals surface area contributed by atoms with Crippen molar-refractivity contribution >= 4 is 40.0 Å². The topological polar surface area (TPSA) is 80.4 Å². The summed E-state index contributed by atoms with van der Waals surface area (Å²) in [4.78, 5) is 9.21. The number of nitro groups is 1. The summed E-state index contributed by atoms with van der Waals surface area (Å²) in [6.45, 7) is 0. The van der Waals surface area contributed by atoms with Crippen LogP contribution in [0.25, 0.3) is 0 Å². The van der Waals surface area contributed by atoms with Gasteiger partial charge in [-0.05, 0) is 6.07 Å². The smallest absolute Gasteiger partial charge is 0.290 e. The number of benzene rings is 1. The molecule has 1 unspecified atom stereocenters. The van der Waals surface area contributed by atoms with E-state index >= 15 is 0 Å². The Morgan fingerprint density at radius 2 is 2.00 bits per heavy atom. The molecule has 0 fully saturated rings. The standard InChI is InChI=1S/C6H3Cl2NO4S/c7-3-1-4(8)6(14(12)13)5(2-3)9(10)11/h1-2H,(H,12,13). The van der Waals surface area contributed by atoms with Crippen molar-refractivity contribution in [2.45, 2.75) is 4.90 Å². The lowest BCUT2D eigenvalue weighted by molar-refractivity contribution is -0.387. The van der Waals surface area contributed by atoms with Crippen LogP contribution in [0, 0.1) is 10.1 Å². The molecule has 0 spiro atoms. The molecule has 5 nitrogen and oxygen atoms in total. The molecule has 76 valence electrons. The summed E-state index contributed by atoms with van der Waals surface area (Å²) in [6, 6.07) is 2.14. The monoisotopic (exact) mass is 255 g/mol. The van der Waals surface area contributed by atoms with Crippen LogP contribution in [0.2, 0.25) is 10.0 Å². The molecule has 0 aliphatic carbocycles. The third kappa shape index (κ3) is 2.21. The van der Waals surface area contributed by atoms with Crippen LogP contribution < -0.4 is 0 Å². The van der Waals surface area contributed by atoms with Gasteiger partial charge in [0.15, 0.2) is 16.0 Å². The Balaban J connectivity index is 3.52. The van der Waals surface area contributed by atoms with Crippen LogP contribution in [0.4, 0.5) is 5.69 Å². The molecule has 8 heteroatoms. The molecule has 1 rings (SSSR count). The maximum absolute atomic E-state index is 10.7. The Morgan fingerprint density at radius 3 is 2.43 bits per heavy atom. The van der Waals surface area contributed by atoms with Crippen LogP contribution in [0.3, 0.4) is 0 Å². The summed E-state index contributed by atoms with van der Waals surface area (Å²) in [6.07, 6.45) is 0. The van der Waals surface area contributed by atoms with Crippen molar-refractivity contribution in [1.82, 2.24) is 0 Å². The van der Waals surface area contributed by atoms with Crippen LogP contribution in [0.15, 0.2) is 17.0 Å². The van der Waals surface area contributed by atoms with Gasteiger partial charge in [-0.15, -0.1) is 0 Å². The highest BCUT2D eigenvalue weighted by Crippen LogP contribution is 2.32. The van der Waals surface area contributed by atoms with Crippen molar-refractivity contribution in [2.75, 3.05) is 0 Å². The lowest BCUT2D eigenvalue weighted by atomic mass is 10.3. The van der Waals surface area contributed by atoms with Crippen molar-refractivity contribution in [3.05, 3.63) is 32.3 Å². The van der Waals surface area contributed by atoms with Crippen LogP contribution in [-0.2, 0) is 11.1 Å². The van der Waals surface area contributed by atoms with Crippen LogP contribution in [0.5, 0.6) is 0 Å². The SMILES string of the molecule is O=[N+]([O-])c1cc(Cl)cc(Cl)c1S(=O)O. The minimum Gasteiger partial charge on any atom is -0.302 e. The molecule has 0 heterocycles. The molecule has 0 aliphatic heterocycles. The van der Waals surface area contributed by atoms with Gasteiger partial charge in [0.25, 0.3) is 5.69 Å². The van der Waals surface area contributed by atoms with Gasteiger partial charge < -0.3 is 4.55 Å². The fourth-order valence-electron chi connectivity index (χ4n) is 0.855.